The highest BCUT2D eigenvalue weighted by Crippen LogP contribution is 2.31. The van der Waals surface area contributed by atoms with E-state index in [2.05, 4.69) is 51.3 Å². The van der Waals surface area contributed by atoms with Crippen molar-refractivity contribution in [2.75, 3.05) is 0 Å². The van der Waals surface area contributed by atoms with E-state index in [0.29, 0.717) is 11.5 Å². The van der Waals surface area contributed by atoms with Gasteiger partial charge in [-0.15, -0.1) is 0 Å². The third-order valence-corrected chi connectivity index (χ3v) is 6.13. The second-order valence-corrected chi connectivity index (χ2v) is 8.97. The van der Waals surface area contributed by atoms with Gasteiger partial charge in [-0.3, -0.25) is 0 Å². The summed E-state index contributed by atoms with van der Waals surface area (Å²) < 4.78 is 11.8. The van der Waals surface area contributed by atoms with Gasteiger partial charge >= 0.3 is 0 Å². The van der Waals surface area contributed by atoms with Gasteiger partial charge in [-0.2, -0.15) is 0 Å². The minimum Gasteiger partial charge on any atom is -0.457 e. The largest absolute Gasteiger partial charge is 0.457 e. The molecular weight excluding hydrogens is 424 g/mol. The lowest BCUT2D eigenvalue weighted by molar-refractivity contribution is 0.516. The van der Waals surface area contributed by atoms with Gasteiger partial charge in [-0.05, 0) is 62.4 Å². The second-order valence-electron chi connectivity index (χ2n) is 7.83. The fourth-order valence-corrected chi connectivity index (χ4v) is 3.99. The van der Waals surface area contributed by atoms with Gasteiger partial charge in [-0.25, -0.2) is 0 Å². The smallest absolute Gasteiger partial charge is 0.127 e. The Morgan fingerprint density at radius 1 is 0.515 bits per heavy atom. The summed E-state index contributed by atoms with van der Waals surface area (Å²) in [6.45, 7) is 12.2. The van der Waals surface area contributed by atoms with Gasteiger partial charge in [0.15, 0.2) is 0 Å². The van der Waals surface area contributed by atoms with Crippen LogP contribution in [0.3, 0.4) is 0 Å². The first-order valence-electron chi connectivity index (χ1n) is 10.7. The highest BCUT2D eigenvalue weighted by Gasteiger charge is 2.05. The van der Waals surface area contributed by atoms with Crippen LogP contribution >= 0.6 is 11.8 Å². The van der Waals surface area contributed by atoms with Crippen LogP contribution in [0.2, 0.25) is 0 Å². The molecule has 0 amide bonds. The summed E-state index contributed by atoms with van der Waals surface area (Å²) in [6, 6.07) is 32.3. The zero-order valence-electron chi connectivity index (χ0n) is 18.9. The van der Waals surface area contributed by atoms with Gasteiger partial charge in [0, 0.05) is 20.9 Å². The normalized spacial score (nSPS) is 10.5. The average molecular weight is 451 g/mol. The van der Waals surface area contributed by atoms with Crippen LogP contribution in [-0.4, -0.2) is 0 Å². The van der Waals surface area contributed by atoms with Crippen molar-refractivity contribution < 1.29 is 9.47 Å². The van der Waals surface area contributed by atoms with Crippen molar-refractivity contribution in [3.63, 3.8) is 0 Å². The lowest BCUT2D eigenvalue weighted by Gasteiger charge is -2.11. The number of benzene rings is 4. The van der Waals surface area contributed by atoms with E-state index in [-0.39, 0.29) is 0 Å². The molecule has 33 heavy (non-hydrogen) atoms. The fraction of sp³-hybridized carbons (Fsp3) is 0.0667. The van der Waals surface area contributed by atoms with E-state index in [4.69, 9.17) is 9.47 Å². The van der Waals surface area contributed by atoms with E-state index >= 15 is 0 Å². The number of hydrogen-bond acceptors (Lipinski definition) is 3. The van der Waals surface area contributed by atoms with Crippen molar-refractivity contribution in [1.29, 1.82) is 0 Å². The van der Waals surface area contributed by atoms with Crippen LogP contribution in [0.15, 0.2) is 120 Å². The molecule has 0 aliphatic heterocycles. The molecule has 4 rings (SSSR count). The van der Waals surface area contributed by atoms with Crippen LogP contribution in [0.5, 0.6) is 11.5 Å². The molecule has 0 heterocycles. The molecule has 164 valence electrons. The molecule has 0 radical (unpaired) electrons. The highest BCUT2D eigenvalue weighted by atomic mass is 32.2. The van der Waals surface area contributed by atoms with Gasteiger partial charge in [-0.1, -0.05) is 84.6 Å². The third-order valence-electron chi connectivity index (χ3n) is 5.11. The molecule has 0 atom stereocenters. The summed E-state index contributed by atoms with van der Waals surface area (Å²) in [4.78, 5) is 2.25. The van der Waals surface area contributed by atoms with Gasteiger partial charge in [0.05, 0.1) is 0 Å². The van der Waals surface area contributed by atoms with Gasteiger partial charge in [0.25, 0.3) is 0 Å². The predicted molar refractivity (Wildman–Crippen MR) is 139 cm³/mol. The van der Waals surface area contributed by atoms with Gasteiger partial charge < -0.3 is 9.47 Å². The van der Waals surface area contributed by atoms with E-state index in [1.54, 1.807) is 11.8 Å². The fourth-order valence-electron chi connectivity index (χ4n) is 3.17. The zero-order valence-corrected chi connectivity index (χ0v) is 19.7. The molecule has 0 aliphatic carbocycles. The van der Waals surface area contributed by atoms with Crippen molar-refractivity contribution in [2.45, 2.75) is 23.6 Å². The van der Waals surface area contributed by atoms with E-state index in [9.17, 15) is 0 Å². The Morgan fingerprint density at radius 3 is 1.18 bits per heavy atom. The third kappa shape index (κ3) is 6.18. The molecule has 0 spiro atoms. The molecule has 0 saturated carbocycles. The molecule has 4 aromatic rings. The van der Waals surface area contributed by atoms with Crippen molar-refractivity contribution in [2.24, 2.45) is 0 Å². The lowest BCUT2D eigenvalue weighted by atomic mass is 10.1. The minimum atomic E-state index is 0.637. The zero-order chi connectivity index (χ0) is 23.2. The number of rotatable bonds is 8. The molecule has 0 bridgehead atoms. The van der Waals surface area contributed by atoms with Crippen LogP contribution in [-0.2, 0) is 0 Å². The van der Waals surface area contributed by atoms with Gasteiger partial charge in [0.1, 0.15) is 23.0 Å². The second kappa shape index (κ2) is 10.3. The minimum absolute atomic E-state index is 0.637. The Labute approximate surface area is 200 Å². The first-order valence-corrected chi connectivity index (χ1v) is 11.5. The molecule has 0 N–H and O–H groups in total. The summed E-state index contributed by atoms with van der Waals surface area (Å²) in [5, 5.41) is 0. The van der Waals surface area contributed by atoms with Crippen molar-refractivity contribution in [3.8, 4) is 11.5 Å². The number of aryl methyl sites for hydroxylation is 2. The van der Waals surface area contributed by atoms with E-state index in [0.717, 1.165) is 32.4 Å². The molecule has 0 saturated heterocycles. The van der Waals surface area contributed by atoms with Crippen LogP contribution < -0.4 is 9.47 Å². The van der Waals surface area contributed by atoms with Crippen molar-refractivity contribution in [3.05, 3.63) is 132 Å². The van der Waals surface area contributed by atoms with Crippen LogP contribution in [0.1, 0.15) is 22.3 Å². The monoisotopic (exact) mass is 450 g/mol. The Kier molecular flexibility index (Phi) is 7.01. The first-order chi connectivity index (χ1) is 16.0. The van der Waals surface area contributed by atoms with E-state index in [1.807, 2.05) is 72.8 Å². The summed E-state index contributed by atoms with van der Waals surface area (Å²) in [6.07, 6.45) is 0. The van der Waals surface area contributed by atoms with E-state index in [1.165, 1.54) is 11.1 Å². The van der Waals surface area contributed by atoms with E-state index < -0.39 is 0 Å². The molecule has 3 heteroatoms. The van der Waals surface area contributed by atoms with Crippen LogP contribution in [0.4, 0.5) is 0 Å². The summed E-state index contributed by atoms with van der Waals surface area (Å²) in [5.74, 6) is 2.81. The maximum absolute atomic E-state index is 5.91. The molecule has 0 aliphatic rings. The molecule has 4 aromatic carbocycles. The highest BCUT2D eigenvalue weighted by molar-refractivity contribution is 7.99. The molecule has 0 fully saturated rings. The topological polar surface area (TPSA) is 18.5 Å². The number of hydrogen-bond donors (Lipinski definition) is 0. The SMILES string of the molecule is C=C(Oc1ccc(Sc2ccc(OC(=C)c3ccc(C)cc3)cc2)cc1)c1ccc(C)cc1. The summed E-state index contributed by atoms with van der Waals surface area (Å²) in [5.41, 5.74) is 4.38. The standard InChI is InChI=1S/C30H26O2S/c1-21-5-9-25(10-6-21)23(3)31-27-13-17-29(18-14-27)33-30-19-15-28(16-20-30)32-24(4)26-11-7-22(2)8-12-26/h5-20H,3-4H2,1-2H3. The maximum atomic E-state index is 5.91. The molecule has 0 unspecified atom stereocenters. The summed E-state index contributed by atoms with van der Waals surface area (Å²) in [7, 11) is 0. The quantitative estimate of drug-likeness (QED) is 0.251. The van der Waals surface area contributed by atoms with Crippen LogP contribution in [0, 0.1) is 13.8 Å². The van der Waals surface area contributed by atoms with Crippen molar-refractivity contribution in [1.82, 2.24) is 0 Å². The first kappa shape index (κ1) is 22.5. The lowest BCUT2D eigenvalue weighted by Crippen LogP contribution is -1.93. The van der Waals surface area contributed by atoms with Gasteiger partial charge in [0.2, 0.25) is 0 Å². The summed E-state index contributed by atoms with van der Waals surface area (Å²) >= 11 is 1.68. The number of ether oxygens (including phenoxy) is 2. The Morgan fingerprint density at radius 2 is 0.848 bits per heavy atom. The molecule has 2 nitrogen and oxygen atoms in total. The molecule has 0 aromatic heterocycles. The Bertz CT molecular complexity index is 1140. The Balaban J connectivity index is 1.33. The Hall–Kier alpha value is -3.69. The van der Waals surface area contributed by atoms with Crippen molar-refractivity contribution >= 4 is 23.3 Å². The maximum Gasteiger partial charge on any atom is 0.127 e. The predicted octanol–water partition coefficient (Wildman–Crippen LogP) is 8.55. The average Bonchev–Trinajstić information content (AvgIpc) is 2.82. The molecular formula is C30H26O2S. The van der Waals surface area contributed by atoms with Crippen LogP contribution in [0.25, 0.3) is 11.5 Å².